The number of aromatic amines is 1. The fourth-order valence-corrected chi connectivity index (χ4v) is 4.07. The predicted molar refractivity (Wildman–Crippen MR) is 104 cm³/mol. The Morgan fingerprint density at radius 3 is 2.67 bits per heavy atom. The van der Waals surface area contributed by atoms with E-state index in [1.165, 1.54) is 0 Å². The maximum atomic E-state index is 13.1. The number of carbonyl (C=O) groups excluding carboxylic acids is 2. The van der Waals surface area contributed by atoms with Crippen molar-refractivity contribution in [3.63, 3.8) is 0 Å². The number of thioether (sulfide) groups is 1. The van der Waals surface area contributed by atoms with Crippen LogP contribution in [0.25, 0.3) is 11.3 Å². The van der Waals surface area contributed by atoms with Crippen molar-refractivity contribution in [2.75, 3.05) is 24.6 Å². The van der Waals surface area contributed by atoms with E-state index in [1.54, 1.807) is 19.2 Å². The van der Waals surface area contributed by atoms with E-state index in [0.29, 0.717) is 28.3 Å². The first-order valence-corrected chi connectivity index (χ1v) is 9.92. The standard InChI is InChI=1S/C20H19N3O3S/c1-13-17(18(22-26-13)14-5-3-2-4-6-14)19(24)15-11-16(21-12-15)20(25)23-7-9-27-10-8-23/h2-6,11-12,21H,7-10H2,1H3. The number of nitrogens with zero attached hydrogens (tertiary/aromatic N) is 2. The quantitative estimate of drug-likeness (QED) is 0.701. The topological polar surface area (TPSA) is 79.2 Å². The van der Waals surface area contributed by atoms with E-state index in [9.17, 15) is 9.59 Å². The molecule has 0 saturated carbocycles. The Hall–Kier alpha value is -2.80. The van der Waals surface area contributed by atoms with Gasteiger partial charge in [0.25, 0.3) is 5.91 Å². The van der Waals surface area contributed by atoms with Gasteiger partial charge in [0.05, 0.1) is 5.56 Å². The molecule has 3 aromatic rings. The Bertz CT molecular complexity index is 972. The van der Waals surface area contributed by atoms with Gasteiger partial charge in [0.2, 0.25) is 0 Å². The summed E-state index contributed by atoms with van der Waals surface area (Å²) in [5.41, 5.74) is 2.61. The molecular weight excluding hydrogens is 362 g/mol. The van der Waals surface area contributed by atoms with Crippen molar-refractivity contribution in [1.82, 2.24) is 15.0 Å². The van der Waals surface area contributed by atoms with Crippen LogP contribution in [-0.4, -0.2) is 51.3 Å². The lowest BCUT2D eigenvalue weighted by Gasteiger charge is -2.25. The molecule has 6 nitrogen and oxygen atoms in total. The van der Waals surface area contributed by atoms with Crippen LogP contribution in [0.2, 0.25) is 0 Å². The zero-order valence-corrected chi connectivity index (χ0v) is 15.7. The lowest BCUT2D eigenvalue weighted by atomic mass is 9.99. The Morgan fingerprint density at radius 1 is 1.19 bits per heavy atom. The van der Waals surface area contributed by atoms with Gasteiger partial charge in [0.15, 0.2) is 5.78 Å². The lowest BCUT2D eigenvalue weighted by Crippen LogP contribution is -2.38. The molecule has 138 valence electrons. The summed E-state index contributed by atoms with van der Waals surface area (Å²) in [5, 5.41) is 4.06. The van der Waals surface area contributed by atoms with Crippen LogP contribution in [0.5, 0.6) is 0 Å². The number of H-pyrrole nitrogens is 1. The molecule has 7 heteroatoms. The van der Waals surface area contributed by atoms with Crippen molar-refractivity contribution in [2.24, 2.45) is 0 Å². The predicted octanol–water partition coefficient (Wildman–Crippen LogP) is 3.40. The van der Waals surface area contributed by atoms with E-state index in [2.05, 4.69) is 10.1 Å². The number of rotatable bonds is 4. The number of carbonyl (C=O) groups is 2. The van der Waals surface area contributed by atoms with Gasteiger partial charge in [0, 0.05) is 41.9 Å². The van der Waals surface area contributed by atoms with Crippen LogP contribution in [-0.2, 0) is 0 Å². The number of amides is 1. The molecule has 4 rings (SSSR count). The smallest absolute Gasteiger partial charge is 0.270 e. The Kier molecular flexibility index (Phi) is 4.85. The van der Waals surface area contributed by atoms with Crippen LogP contribution in [0.4, 0.5) is 0 Å². The molecule has 1 fully saturated rings. The second-order valence-electron chi connectivity index (χ2n) is 6.36. The number of benzene rings is 1. The SMILES string of the molecule is Cc1onc(-c2ccccc2)c1C(=O)c1c[nH]c(C(=O)N2CCSCC2)c1. The molecule has 1 aromatic carbocycles. The average Bonchev–Trinajstić information content (AvgIpc) is 3.35. The van der Waals surface area contributed by atoms with E-state index in [4.69, 9.17) is 4.52 Å². The molecular formula is C20H19N3O3S. The molecule has 0 atom stereocenters. The molecule has 1 amide bonds. The lowest BCUT2D eigenvalue weighted by molar-refractivity contribution is 0.0767. The van der Waals surface area contributed by atoms with Gasteiger partial charge in [-0.1, -0.05) is 35.5 Å². The molecule has 1 aliphatic heterocycles. The zero-order valence-electron chi connectivity index (χ0n) is 14.9. The highest BCUT2D eigenvalue weighted by Gasteiger charge is 2.25. The van der Waals surface area contributed by atoms with Gasteiger partial charge in [-0.2, -0.15) is 11.8 Å². The second-order valence-corrected chi connectivity index (χ2v) is 7.59. The van der Waals surface area contributed by atoms with Gasteiger partial charge in [-0.25, -0.2) is 0 Å². The number of hydrogen-bond donors (Lipinski definition) is 1. The third-order valence-electron chi connectivity index (χ3n) is 4.61. The van der Waals surface area contributed by atoms with Crippen LogP contribution in [0.3, 0.4) is 0 Å². The van der Waals surface area contributed by atoms with E-state index in [0.717, 1.165) is 30.2 Å². The summed E-state index contributed by atoms with van der Waals surface area (Å²) in [7, 11) is 0. The molecule has 1 aliphatic rings. The minimum Gasteiger partial charge on any atom is -0.360 e. The summed E-state index contributed by atoms with van der Waals surface area (Å²) in [6.45, 7) is 3.18. The van der Waals surface area contributed by atoms with Crippen molar-refractivity contribution in [1.29, 1.82) is 0 Å². The molecule has 0 spiro atoms. The van der Waals surface area contributed by atoms with Crippen LogP contribution in [0.15, 0.2) is 47.1 Å². The fraction of sp³-hybridized carbons (Fsp3) is 0.250. The molecule has 3 heterocycles. The van der Waals surface area contributed by atoms with Crippen molar-refractivity contribution >= 4 is 23.5 Å². The molecule has 1 N–H and O–H groups in total. The maximum Gasteiger partial charge on any atom is 0.270 e. The minimum atomic E-state index is -0.211. The largest absolute Gasteiger partial charge is 0.360 e. The first-order valence-electron chi connectivity index (χ1n) is 8.77. The molecule has 0 aliphatic carbocycles. The van der Waals surface area contributed by atoms with E-state index >= 15 is 0 Å². The van der Waals surface area contributed by atoms with Gasteiger partial charge in [-0.05, 0) is 13.0 Å². The number of ketones is 1. The van der Waals surface area contributed by atoms with E-state index in [1.807, 2.05) is 47.0 Å². The molecule has 2 aromatic heterocycles. The van der Waals surface area contributed by atoms with Crippen molar-refractivity contribution in [2.45, 2.75) is 6.92 Å². The fourth-order valence-electron chi connectivity index (χ4n) is 3.16. The van der Waals surface area contributed by atoms with Gasteiger partial charge in [-0.3, -0.25) is 9.59 Å². The normalized spacial score (nSPS) is 14.3. The number of aryl methyl sites for hydroxylation is 1. The van der Waals surface area contributed by atoms with Gasteiger partial charge in [0.1, 0.15) is 17.1 Å². The van der Waals surface area contributed by atoms with Crippen LogP contribution < -0.4 is 0 Å². The highest BCUT2D eigenvalue weighted by molar-refractivity contribution is 7.99. The summed E-state index contributed by atoms with van der Waals surface area (Å²) in [6.07, 6.45) is 1.58. The van der Waals surface area contributed by atoms with Crippen molar-refractivity contribution in [3.05, 3.63) is 65.2 Å². The van der Waals surface area contributed by atoms with Crippen molar-refractivity contribution < 1.29 is 14.1 Å². The van der Waals surface area contributed by atoms with Gasteiger partial charge in [-0.15, -0.1) is 0 Å². The highest BCUT2D eigenvalue weighted by atomic mass is 32.2. The summed E-state index contributed by atoms with van der Waals surface area (Å²) >= 11 is 1.85. The van der Waals surface area contributed by atoms with Gasteiger partial charge < -0.3 is 14.4 Å². The highest BCUT2D eigenvalue weighted by Crippen LogP contribution is 2.27. The third-order valence-corrected chi connectivity index (χ3v) is 5.55. The zero-order chi connectivity index (χ0) is 18.8. The monoisotopic (exact) mass is 381 g/mol. The minimum absolute atomic E-state index is 0.0697. The molecule has 0 unspecified atom stereocenters. The van der Waals surface area contributed by atoms with Crippen LogP contribution >= 0.6 is 11.8 Å². The molecule has 0 radical (unpaired) electrons. The summed E-state index contributed by atoms with van der Waals surface area (Å²) in [5.74, 6) is 2.06. The summed E-state index contributed by atoms with van der Waals surface area (Å²) < 4.78 is 5.28. The maximum absolute atomic E-state index is 13.1. The summed E-state index contributed by atoms with van der Waals surface area (Å²) in [6, 6.07) is 11.1. The average molecular weight is 381 g/mol. The Morgan fingerprint density at radius 2 is 1.93 bits per heavy atom. The second kappa shape index (κ2) is 7.44. The van der Waals surface area contributed by atoms with E-state index < -0.39 is 0 Å². The van der Waals surface area contributed by atoms with Crippen LogP contribution in [0.1, 0.15) is 32.2 Å². The first kappa shape index (κ1) is 17.6. The molecule has 1 saturated heterocycles. The number of aromatic nitrogens is 2. The van der Waals surface area contributed by atoms with Crippen molar-refractivity contribution in [3.8, 4) is 11.3 Å². The Balaban J connectivity index is 1.62. The number of hydrogen-bond acceptors (Lipinski definition) is 5. The Labute approximate surface area is 160 Å². The first-order chi connectivity index (χ1) is 13.1. The molecule has 27 heavy (non-hydrogen) atoms. The van der Waals surface area contributed by atoms with Gasteiger partial charge >= 0.3 is 0 Å². The molecule has 0 bridgehead atoms. The third kappa shape index (κ3) is 3.42. The van der Waals surface area contributed by atoms with Crippen LogP contribution in [0, 0.1) is 6.92 Å². The summed E-state index contributed by atoms with van der Waals surface area (Å²) in [4.78, 5) is 30.5. The number of nitrogens with one attached hydrogen (secondary N) is 1. The van der Waals surface area contributed by atoms with E-state index in [-0.39, 0.29) is 11.7 Å².